The predicted molar refractivity (Wildman–Crippen MR) is 226 cm³/mol. The summed E-state index contributed by atoms with van der Waals surface area (Å²) in [5.41, 5.74) is 8.58. The average Bonchev–Trinajstić information content (AvgIpc) is 3.54. The molecule has 0 saturated heterocycles. The zero-order valence-corrected chi connectivity index (χ0v) is 32.7. The van der Waals surface area contributed by atoms with Crippen molar-refractivity contribution in [2.24, 2.45) is 11.8 Å². The second-order valence-corrected chi connectivity index (χ2v) is 15.0. The quantitative estimate of drug-likeness (QED) is 0.0942. The van der Waals surface area contributed by atoms with E-state index in [1.54, 1.807) is 24.3 Å². The van der Waals surface area contributed by atoms with E-state index in [1.807, 2.05) is 105 Å². The van der Waals surface area contributed by atoms with E-state index >= 15 is 0 Å². The van der Waals surface area contributed by atoms with Gasteiger partial charge in [0.1, 0.15) is 6.04 Å². The molecule has 0 bridgehead atoms. The summed E-state index contributed by atoms with van der Waals surface area (Å²) in [5, 5.41) is 20.0. The first-order chi connectivity index (χ1) is 27.6. The molecule has 5 aromatic carbocycles. The number of rotatable bonds is 12. The topological polar surface area (TPSA) is 128 Å². The Kier molecular flexibility index (Phi) is 11.4. The summed E-state index contributed by atoms with van der Waals surface area (Å²) in [7, 11) is 0. The van der Waals surface area contributed by atoms with Crippen LogP contribution in [0.4, 0.5) is 16.2 Å². The van der Waals surface area contributed by atoms with Crippen molar-refractivity contribution in [3.8, 4) is 22.3 Å². The molecular formula is C48H48N4O5. The molecule has 1 heterocycles. The first-order valence-electron chi connectivity index (χ1n) is 19.7. The molecule has 0 aromatic heterocycles. The van der Waals surface area contributed by atoms with E-state index in [9.17, 15) is 24.3 Å². The lowest BCUT2D eigenvalue weighted by Gasteiger charge is -2.34. The SMILES string of the molecule is CC[C@H](C)[C@@H]1NC(=O)c2ccccc2/C1=C/C(=O)Nc1ccccc1-c1ccccc1NC(=O)[C@H]([C@@H](C)CC)N(CC1c2ccccc2-c2ccccc21)C(=O)O. The van der Waals surface area contributed by atoms with Crippen molar-refractivity contribution in [3.05, 3.63) is 150 Å². The zero-order valence-electron chi connectivity index (χ0n) is 32.7. The number of amides is 4. The molecule has 0 saturated carbocycles. The Morgan fingerprint density at radius 2 is 1.18 bits per heavy atom. The van der Waals surface area contributed by atoms with Crippen LogP contribution in [0.1, 0.15) is 73.5 Å². The van der Waals surface area contributed by atoms with Crippen LogP contribution >= 0.6 is 0 Å². The van der Waals surface area contributed by atoms with E-state index in [0.717, 1.165) is 39.8 Å². The molecule has 9 nitrogen and oxygen atoms in total. The first-order valence-corrected chi connectivity index (χ1v) is 19.7. The van der Waals surface area contributed by atoms with Crippen molar-refractivity contribution in [2.45, 2.75) is 58.5 Å². The Morgan fingerprint density at radius 1 is 0.684 bits per heavy atom. The van der Waals surface area contributed by atoms with Gasteiger partial charge >= 0.3 is 6.09 Å². The lowest BCUT2D eigenvalue weighted by atomic mass is 9.82. The Morgan fingerprint density at radius 3 is 1.72 bits per heavy atom. The molecule has 290 valence electrons. The van der Waals surface area contributed by atoms with E-state index in [4.69, 9.17) is 0 Å². The van der Waals surface area contributed by atoms with Gasteiger partial charge in [0.15, 0.2) is 0 Å². The molecular weight excluding hydrogens is 713 g/mol. The van der Waals surface area contributed by atoms with E-state index < -0.39 is 18.0 Å². The Hall–Kier alpha value is -6.48. The number of hydrogen-bond acceptors (Lipinski definition) is 4. The number of anilines is 2. The molecule has 0 radical (unpaired) electrons. The van der Waals surface area contributed by atoms with Crippen LogP contribution in [0.15, 0.2) is 127 Å². The van der Waals surface area contributed by atoms with Crippen LogP contribution in [-0.4, -0.2) is 52.4 Å². The molecule has 1 aliphatic heterocycles. The number of carbonyl (C=O) groups excluding carboxylic acids is 3. The van der Waals surface area contributed by atoms with E-state index in [-0.39, 0.29) is 42.2 Å². The Balaban J connectivity index is 1.18. The normalized spacial score (nSPS) is 16.7. The summed E-state index contributed by atoms with van der Waals surface area (Å²) in [4.78, 5) is 55.8. The second kappa shape index (κ2) is 16.7. The minimum absolute atomic E-state index is 0.0882. The van der Waals surface area contributed by atoms with E-state index in [1.165, 1.54) is 4.90 Å². The number of fused-ring (bicyclic) bond motifs is 4. The largest absolute Gasteiger partial charge is 0.465 e. The molecule has 5 aromatic rings. The number of carbonyl (C=O) groups is 4. The fourth-order valence-electron chi connectivity index (χ4n) is 8.31. The summed E-state index contributed by atoms with van der Waals surface area (Å²) in [6, 6.07) is 36.8. The predicted octanol–water partition coefficient (Wildman–Crippen LogP) is 9.68. The molecule has 2 aliphatic rings. The van der Waals surface area contributed by atoms with Gasteiger partial charge in [0.2, 0.25) is 11.8 Å². The molecule has 1 aliphatic carbocycles. The number of para-hydroxylation sites is 2. The van der Waals surface area contributed by atoms with Crippen LogP contribution in [0.3, 0.4) is 0 Å². The highest BCUT2D eigenvalue weighted by Crippen LogP contribution is 2.45. The highest BCUT2D eigenvalue weighted by molar-refractivity contribution is 6.11. The molecule has 0 fully saturated rings. The van der Waals surface area contributed by atoms with Crippen molar-refractivity contribution < 1.29 is 24.3 Å². The lowest BCUT2D eigenvalue weighted by molar-refractivity contribution is -0.122. The lowest BCUT2D eigenvalue weighted by Crippen LogP contribution is -2.51. The highest BCUT2D eigenvalue weighted by atomic mass is 16.4. The van der Waals surface area contributed by atoms with Crippen LogP contribution in [0, 0.1) is 11.8 Å². The minimum Gasteiger partial charge on any atom is -0.465 e. The molecule has 4 amide bonds. The van der Waals surface area contributed by atoms with Gasteiger partial charge in [-0.3, -0.25) is 19.3 Å². The van der Waals surface area contributed by atoms with Gasteiger partial charge in [-0.05, 0) is 63.4 Å². The average molecular weight is 761 g/mol. The van der Waals surface area contributed by atoms with Crippen molar-refractivity contribution in [3.63, 3.8) is 0 Å². The third kappa shape index (κ3) is 7.70. The second-order valence-electron chi connectivity index (χ2n) is 15.0. The number of carboxylic acid groups (broad SMARTS) is 1. The number of benzene rings is 5. The fraction of sp³-hybridized carbons (Fsp3) is 0.250. The van der Waals surface area contributed by atoms with Crippen LogP contribution in [0.25, 0.3) is 27.8 Å². The molecule has 4 atom stereocenters. The standard InChI is InChI=1S/C48H48N4O5/c1-5-29(3)44-39(35-21-11-12-24-38(35)46(54)51-44)27-43(53)49-41-25-15-13-22-36(41)37-23-14-16-26-42(37)50-47(55)45(30(4)6-2)52(48(56)57)28-40-33-19-9-7-17-31(33)32-18-8-10-20-34(32)40/h7-27,29-30,40,44-45H,5-6,28H2,1-4H3,(H,49,53)(H,50,55)(H,51,54)(H,56,57)/b39-27-/t29-,30-,44-,45-/m0/s1. The Labute approximate surface area is 333 Å². The summed E-state index contributed by atoms with van der Waals surface area (Å²) < 4.78 is 0. The van der Waals surface area contributed by atoms with Gasteiger partial charge in [-0.2, -0.15) is 0 Å². The van der Waals surface area contributed by atoms with Crippen molar-refractivity contribution in [1.29, 1.82) is 0 Å². The van der Waals surface area contributed by atoms with Crippen LogP contribution in [0.5, 0.6) is 0 Å². The van der Waals surface area contributed by atoms with Crippen molar-refractivity contribution in [1.82, 2.24) is 10.2 Å². The fourth-order valence-corrected chi connectivity index (χ4v) is 8.31. The van der Waals surface area contributed by atoms with E-state index in [0.29, 0.717) is 34.5 Å². The monoisotopic (exact) mass is 760 g/mol. The van der Waals surface area contributed by atoms with Gasteiger partial charge in [0.25, 0.3) is 5.91 Å². The molecule has 7 rings (SSSR count). The summed E-state index contributed by atoms with van der Waals surface area (Å²) in [6.07, 6.45) is 1.79. The molecule has 0 unspecified atom stereocenters. The zero-order chi connectivity index (χ0) is 40.2. The number of nitrogens with zero attached hydrogens (tertiary/aromatic N) is 1. The smallest absolute Gasteiger partial charge is 0.408 e. The third-order valence-electron chi connectivity index (χ3n) is 11.6. The van der Waals surface area contributed by atoms with Gasteiger partial charge in [-0.25, -0.2) is 4.79 Å². The molecule has 0 spiro atoms. The van der Waals surface area contributed by atoms with Crippen LogP contribution < -0.4 is 16.0 Å². The van der Waals surface area contributed by atoms with Gasteiger partial charge < -0.3 is 21.1 Å². The highest BCUT2D eigenvalue weighted by Gasteiger charge is 2.39. The van der Waals surface area contributed by atoms with Gasteiger partial charge in [0.05, 0.1) is 6.04 Å². The first kappa shape index (κ1) is 38.8. The minimum atomic E-state index is -1.16. The van der Waals surface area contributed by atoms with Gasteiger partial charge in [-0.15, -0.1) is 0 Å². The van der Waals surface area contributed by atoms with Crippen molar-refractivity contribution in [2.75, 3.05) is 17.2 Å². The Bertz CT molecular complexity index is 2320. The maximum absolute atomic E-state index is 14.5. The summed E-state index contributed by atoms with van der Waals surface area (Å²) >= 11 is 0. The van der Waals surface area contributed by atoms with Crippen LogP contribution in [-0.2, 0) is 9.59 Å². The maximum Gasteiger partial charge on any atom is 0.408 e. The molecule has 4 N–H and O–H groups in total. The number of nitrogens with one attached hydrogen (secondary N) is 3. The summed E-state index contributed by atoms with van der Waals surface area (Å²) in [6.45, 7) is 8.09. The molecule has 57 heavy (non-hydrogen) atoms. The van der Waals surface area contributed by atoms with Gasteiger partial charge in [-0.1, -0.05) is 144 Å². The summed E-state index contributed by atoms with van der Waals surface area (Å²) in [5.74, 6) is -1.39. The van der Waals surface area contributed by atoms with E-state index in [2.05, 4.69) is 41.9 Å². The number of hydrogen-bond donors (Lipinski definition) is 4. The van der Waals surface area contributed by atoms with Crippen molar-refractivity contribution >= 4 is 40.8 Å². The maximum atomic E-state index is 14.5. The van der Waals surface area contributed by atoms with Crippen LogP contribution in [0.2, 0.25) is 0 Å². The third-order valence-corrected chi connectivity index (χ3v) is 11.6. The molecule has 9 heteroatoms. The van der Waals surface area contributed by atoms with Gasteiger partial charge in [0, 0.05) is 46.6 Å².